The summed E-state index contributed by atoms with van der Waals surface area (Å²) in [7, 11) is 29.7. The number of H-pyrrole nitrogens is 3. The molecule has 0 aliphatic rings. The third kappa shape index (κ3) is 19.1. The molecule has 0 atom stereocenters. The van der Waals surface area contributed by atoms with E-state index in [1.165, 1.54) is 11.6 Å². The number of hydrogen-bond donors (Lipinski definition) is 3. The third-order valence-corrected chi connectivity index (χ3v) is 5.83. The van der Waals surface area contributed by atoms with Gasteiger partial charge in [-0.05, 0) is 36.0 Å². The fourth-order valence-corrected chi connectivity index (χ4v) is 3.88. The molecule has 0 amide bonds. The largest absolute Gasteiger partial charge is 0.278 e. The van der Waals surface area contributed by atoms with Gasteiger partial charge in [-0.25, -0.2) is 0 Å². The van der Waals surface area contributed by atoms with Crippen LogP contribution in [0.3, 0.4) is 0 Å². The average Bonchev–Trinajstić information content (AvgIpc) is 3.92. The van der Waals surface area contributed by atoms with Crippen LogP contribution in [0.5, 0.6) is 0 Å². The molecule has 5 N–H and O–H groups in total. The first-order valence-corrected chi connectivity index (χ1v) is 27.2. The molecule has 19 heteroatoms. The van der Waals surface area contributed by atoms with Gasteiger partial charge in [-0.2, -0.15) is 20.6 Å². The van der Waals surface area contributed by atoms with E-state index in [1.807, 2.05) is 116 Å². The molecule has 0 radical (unpaired) electrons. The summed E-state index contributed by atoms with van der Waals surface area (Å²) in [4.78, 5) is 0. The van der Waals surface area contributed by atoms with Crippen molar-refractivity contribution in [2.24, 2.45) is 0 Å². The second kappa shape index (κ2) is 28.4. The van der Waals surface area contributed by atoms with Crippen LogP contribution >= 0.6 is 58.1 Å². The normalized spacial score (nSPS) is 9.60. The van der Waals surface area contributed by atoms with E-state index in [-0.39, 0.29) is 18.7 Å². The summed E-state index contributed by atoms with van der Waals surface area (Å²) in [5.41, 5.74) is 4.21. The fraction of sp³-hybridized carbons (Fsp3) is 0.0909. The van der Waals surface area contributed by atoms with Gasteiger partial charge in [-0.15, -0.1) is 0 Å². The molecule has 4 heterocycles. The van der Waals surface area contributed by atoms with Crippen molar-refractivity contribution < 1.29 is 31.4 Å². The number of nitrogens with zero attached hydrogens (tertiary/aromatic N) is 7. The van der Waals surface area contributed by atoms with Crippen molar-refractivity contribution in [3.8, 4) is 6.07 Å². The Bertz CT molecular complexity index is 1910. The van der Waals surface area contributed by atoms with Crippen LogP contribution in [-0.2, 0) is 26.0 Å². The SMILES string of the molecule is C.CC#N.CC(=[N-])n1ncc2ccccc21.O.[Cl][Ru]([Cl])[Cl].[Cl][Ru]([Cl])[Cl].c1ccc2[nH]ncc2c1.c1ccc2[nH]ncc2c1.c1ccc2[nH]ncc2c1. The molecular weight excluding hydrogens is 967 g/mol. The molecule has 4 aromatic carbocycles. The number of benzene rings is 4. The second-order valence-corrected chi connectivity index (χ2v) is 24.9. The zero-order valence-corrected chi connectivity index (χ0v) is 34.7. The number of nitriles is 1. The molecule has 0 fully saturated rings. The first kappa shape index (κ1) is 48.9. The van der Waals surface area contributed by atoms with Crippen LogP contribution in [0.4, 0.5) is 0 Å². The summed E-state index contributed by atoms with van der Waals surface area (Å²) in [6.45, 7) is 3.04. The van der Waals surface area contributed by atoms with E-state index in [0.29, 0.717) is 0 Å². The van der Waals surface area contributed by atoms with E-state index in [9.17, 15) is 5.41 Å². The quantitative estimate of drug-likeness (QED) is 0.0775. The number of hydrogen-bond acceptors (Lipinski definition) is 5. The maximum atomic E-state index is 9.23. The summed E-state index contributed by atoms with van der Waals surface area (Å²) < 4.78 is 1.51. The van der Waals surface area contributed by atoms with Crippen LogP contribution in [0, 0.1) is 11.3 Å². The van der Waals surface area contributed by atoms with Crippen molar-refractivity contribution in [3.05, 3.63) is 127 Å². The minimum atomic E-state index is -1.75. The van der Waals surface area contributed by atoms with Crippen LogP contribution in [0.25, 0.3) is 49.0 Å². The predicted molar refractivity (Wildman–Crippen MR) is 214 cm³/mol. The van der Waals surface area contributed by atoms with Crippen LogP contribution in [0.15, 0.2) is 122 Å². The van der Waals surface area contributed by atoms with Crippen LogP contribution in [-0.4, -0.2) is 51.7 Å². The number of rotatable bonds is 0. The zero-order chi connectivity index (χ0) is 36.7. The number of fused-ring (bicyclic) bond motifs is 4. The van der Waals surface area contributed by atoms with Crippen LogP contribution in [0.1, 0.15) is 21.3 Å². The van der Waals surface area contributed by atoms with Gasteiger partial charge in [-0.1, -0.05) is 92.1 Å². The molecule has 0 saturated carbocycles. The van der Waals surface area contributed by atoms with Gasteiger partial charge in [0.05, 0.1) is 41.2 Å². The van der Waals surface area contributed by atoms with E-state index >= 15 is 0 Å². The average molecular weight is 1000 g/mol. The maximum Gasteiger partial charge on any atom is 0.0650 e. The minimum absolute atomic E-state index is 0. The first-order chi connectivity index (χ1) is 24.1. The smallest absolute Gasteiger partial charge is 0.0650 e. The molecule has 0 saturated heterocycles. The second-order valence-electron chi connectivity index (χ2n) is 9.06. The summed E-state index contributed by atoms with van der Waals surface area (Å²) >= 11 is -3.51. The van der Waals surface area contributed by atoms with E-state index < -0.39 is 26.0 Å². The van der Waals surface area contributed by atoms with Gasteiger partial charge in [0.25, 0.3) is 0 Å². The minimum Gasteiger partial charge on any atom is -0.278 e. The van der Waals surface area contributed by atoms with Gasteiger partial charge >= 0.3 is 84.1 Å². The molecule has 0 spiro atoms. The Hall–Kier alpha value is -3.13. The number of aromatic amines is 3. The van der Waals surface area contributed by atoms with Crippen molar-refractivity contribution in [3.63, 3.8) is 0 Å². The molecule has 0 bridgehead atoms. The van der Waals surface area contributed by atoms with Gasteiger partial charge in [-0.3, -0.25) is 20.4 Å². The van der Waals surface area contributed by atoms with Gasteiger partial charge in [0.1, 0.15) is 0 Å². The monoisotopic (exact) mass is 1000 g/mol. The van der Waals surface area contributed by atoms with Crippen molar-refractivity contribution in [1.29, 1.82) is 5.26 Å². The third-order valence-electron chi connectivity index (χ3n) is 5.83. The van der Waals surface area contributed by atoms with Gasteiger partial charge in [0.2, 0.25) is 0 Å². The molecule has 11 nitrogen and oxygen atoms in total. The van der Waals surface area contributed by atoms with Crippen molar-refractivity contribution in [1.82, 2.24) is 40.4 Å². The van der Waals surface area contributed by atoms with Crippen LogP contribution < -0.4 is 0 Å². The molecule has 282 valence electrons. The molecule has 0 aliphatic heterocycles. The molecule has 52 heavy (non-hydrogen) atoms. The Morgan fingerprint density at radius 3 is 1.21 bits per heavy atom. The van der Waals surface area contributed by atoms with E-state index in [2.05, 4.69) is 35.7 Å². The summed E-state index contributed by atoms with van der Waals surface area (Å²) in [5, 5.41) is 45.3. The maximum absolute atomic E-state index is 9.23. The first-order valence-electron chi connectivity index (χ1n) is 13.8. The fourth-order valence-electron chi connectivity index (χ4n) is 3.88. The number of para-hydroxylation sites is 4. The van der Waals surface area contributed by atoms with Crippen molar-refractivity contribution >= 4 is 108 Å². The van der Waals surface area contributed by atoms with E-state index in [1.54, 1.807) is 19.2 Å². The molecule has 8 rings (SSSR count). The van der Waals surface area contributed by atoms with Gasteiger partial charge in [0, 0.05) is 29.3 Å². The van der Waals surface area contributed by atoms with Crippen LogP contribution in [0.2, 0.25) is 0 Å². The number of nitrogens with one attached hydrogen (secondary N) is 3. The van der Waals surface area contributed by atoms with E-state index in [4.69, 9.17) is 63.4 Å². The van der Waals surface area contributed by atoms with Gasteiger partial charge < -0.3 is 15.6 Å². The Labute approximate surface area is 336 Å². The zero-order valence-electron chi connectivity index (χ0n) is 26.7. The predicted octanol–water partition coefficient (Wildman–Crippen LogP) is 11.0. The summed E-state index contributed by atoms with van der Waals surface area (Å²) in [6.07, 6.45) is 7.18. The molecule has 8 aromatic rings. The molecular formula is C33H35Cl6N10ORu2-. The Balaban J connectivity index is 0.000000606. The molecule has 0 unspecified atom stereocenters. The standard InChI is InChI=1S/C9H8N3.3C7H6N2.C2H3N.CH4.6ClH.H2O.2Ru/c1-7(10)12-9-5-3-2-4-8(9)6-11-12;3*1-2-4-7-6(3-1)5-8-9-7;1-2-3;;;;;;;;;;/h2-6H,1H3;3*1-5H,(H,8,9);1H3;1H4;6*1H;1H2;;/q-1;;;;;;;;;;;;;2*+3/p-6. The Morgan fingerprint density at radius 1 is 0.615 bits per heavy atom. The van der Waals surface area contributed by atoms with Crippen molar-refractivity contribution in [2.45, 2.75) is 21.3 Å². The Morgan fingerprint density at radius 2 is 0.904 bits per heavy atom. The number of aromatic nitrogens is 8. The Kier molecular flexibility index (Phi) is 26.7. The van der Waals surface area contributed by atoms with Crippen molar-refractivity contribution in [2.75, 3.05) is 0 Å². The van der Waals surface area contributed by atoms with Gasteiger partial charge in [0.15, 0.2) is 0 Å². The number of halogens is 6. The van der Waals surface area contributed by atoms with E-state index in [0.717, 1.165) is 43.6 Å². The topological polar surface area (TPSA) is 181 Å². The summed E-state index contributed by atoms with van der Waals surface area (Å²) in [6, 6.07) is 33.5. The molecule has 0 aliphatic carbocycles. The molecule has 4 aromatic heterocycles. The summed E-state index contributed by atoms with van der Waals surface area (Å²) in [5.74, 6) is 0.191.